The van der Waals surface area contributed by atoms with Crippen LogP contribution < -0.4 is 5.73 Å². The van der Waals surface area contributed by atoms with Crippen LogP contribution in [0.25, 0.3) is 10.9 Å². The van der Waals surface area contributed by atoms with E-state index < -0.39 is 6.10 Å². The fraction of sp³-hybridized carbons (Fsp3) is 0.364. The molecule has 4 nitrogen and oxygen atoms in total. The van der Waals surface area contributed by atoms with Crippen LogP contribution in [0.3, 0.4) is 0 Å². The van der Waals surface area contributed by atoms with Crippen molar-refractivity contribution < 1.29 is 5.11 Å². The van der Waals surface area contributed by atoms with Crippen LogP contribution in [0.2, 0.25) is 5.15 Å². The topological polar surface area (TPSA) is 64.1 Å². The van der Waals surface area contributed by atoms with Crippen LogP contribution in [0, 0.1) is 0 Å². The molecule has 0 radical (unpaired) electrons. The van der Waals surface area contributed by atoms with Crippen molar-refractivity contribution in [2.75, 3.05) is 6.54 Å². The Kier molecular flexibility index (Phi) is 3.14. The number of fused-ring (bicyclic) bond motifs is 1. The van der Waals surface area contributed by atoms with E-state index in [9.17, 15) is 5.11 Å². The van der Waals surface area contributed by atoms with Crippen molar-refractivity contribution in [3.8, 4) is 0 Å². The number of aryl methyl sites for hydroxylation is 1. The lowest BCUT2D eigenvalue weighted by molar-refractivity contribution is 0.170. The van der Waals surface area contributed by atoms with Gasteiger partial charge >= 0.3 is 0 Å². The second-order valence-corrected chi connectivity index (χ2v) is 4.14. The van der Waals surface area contributed by atoms with Gasteiger partial charge in [-0.3, -0.25) is 4.68 Å². The van der Waals surface area contributed by atoms with Gasteiger partial charge in [-0.25, -0.2) is 0 Å². The number of aliphatic hydroxyl groups excluding tert-OH is 1. The smallest absolute Gasteiger partial charge is 0.158 e. The molecule has 3 N–H and O–H groups in total. The van der Waals surface area contributed by atoms with E-state index in [2.05, 4.69) is 5.10 Å². The van der Waals surface area contributed by atoms with Crippen LogP contribution in [-0.2, 0) is 7.05 Å². The summed E-state index contributed by atoms with van der Waals surface area (Å²) < 4.78 is 1.72. The van der Waals surface area contributed by atoms with Gasteiger partial charge in [0.15, 0.2) is 5.15 Å². The molecule has 0 fully saturated rings. The second kappa shape index (κ2) is 4.41. The molecular weight excluding hydrogens is 226 g/mol. The third-order valence-corrected chi connectivity index (χ3v) is 2.93. The highest BCUT2D eigenvalue weighted by atomic mass is 35.5. The number of hydrogen-bond acceptors (Lipinski definition) is 3. The highest BCUT2D eigenvalue weighted by molar-refractivity contribution is 6.34. The van der Waals surface area contributed by atoms with Crippen LogP contribution >= 0.6 is 11.6 Å². The SMILES string of the molecule is Cn1nc(Cl)c2cc(C(O)CCN)ccc21. The summed E-state index contributed by atoms with van der Waals surface area (Å²) in [5.74, 6) is 0. The van der Waals surface area contributed by atoms with Gasteiger partial charge in [0.25, 0.3) is 0 Å². The van der Waals surface area contributed by atoms with Gasteiger partial charge in [-0.15, -0.1) is 0 Å². The number of hydrogen-bond donors (Lipinski definition) is 2. The van der Waals surface area contributed by atoms with E-state index in [1.165, 1.54) is 0 Å². The predicted molar refractivity (Wildman–Crippen MR) is 64.4 cm³/mol. The Hall–Kier alpha value is -1.10. The first-order valence-electron chi connectivity index (χ1n) is 5.13. The molecule has 0 aliphatic rings. The molecule has 1 atom stereocenters. The molecule has 0 aliphatic heterocycles. The monoisotopic (exact) mass is 239 g/mol. The van der Waals surface area contributed by atoms with Gasteiger partial charge in [0.1, 0.15) is 0 Å². The largest absolute Gasteiger partial charge is 0.388 e. The van der Waals surface area contributed by atoms with Crippen molar-refractivity contribution in [1.82, 2.24) is 9.78 Å². The van der Waals surface area contributed by atoms with Crippen LogP contribution in [0.4, 0.5) is 0 Å². The molecule has 2 aromatic rings. The normalized spacial score (nSPS) is 13.2. The van der Waals surface area contributed by atoms with Gasteiger partial charge < -0.3 is 10.8 Å². The fourth-order valence-electron chi connectivity index (χ4n) is 1.77. The molecule has 0 bridgehead atoms. The zero-order valence-electron chi connectivity index (χ0n) is 9.02. The van der Waals surface area contributed by atoms with Gasteiger partial charge in [-0.1, -0.05) is 17.7 Å². The number of benzene rings is 1. The summed E-state index contributed by atoms with van der Waals surface area (Å²) in [5.41, 5.74) is 7.19. The highest BCUT2D eigenvalue weighted by Crippen LogP contribution is 2.26. The summed E-state index contributed by atoms with van der Waals surface area (Å²) in [7, 11) is 1.84. The van der Waals surface area contributed by atoms with E-state index in [-0.39, 0.29) is 0 Å². The van der Waals surface area contributed by atoms with E-state index >= 15 is 0 Å². The molecule has 0 saturated heterocycles. The quantitative estimate of drug-likeness (QED) is 0.855. The number of aliphatic hydroxyl groups is 1. The molecule has 86 valence electrons. The van der Waals surface area contributed by atoms with E-state index in [4.69, 9.17) is 17.3 Å². The summed E-state index contributed by atoms with van der Waals surface area (Å²) in [4.78, 5) is 0. The highest BCUT2D eigenvalue weighted by Gasteiger charge is 2.11. The summed E-state index contributed by atoms with van der Waals surface area (Å²) in [6.07, 6.45) is 0.00861. The van der Waals surface area contributed by atoms with E-state index in [1.807, 2.05) is 25.2 Å². The molecule has 16 heavy (non-hydrogen) atoms. The summed E-state index contributed by atoms with van der Waals surface area (Å²) >= 11 is 5.99. The van der Waals surface area contributed by atoms with Crippen molar-refractivity contribution in [2.24, 2.45) is 12.8 Å². The number of rotatable bonds is 3. The average molecular weight is 240 g/mol. The number of nitrogens with two attached hydrogens (primary N) is 1. The minimum atomic E-state index is -0.536. The molecule has 0 aliphatic carbocycles. The Balaban J connectivity index is 2.47. The van der Waals surface area contributed by atoms with Crippen molar-refractivity contribution >= 4 is 22.5 Å². The van der Waals surface area contributed by atoms with Crippen molar-refractivity contribution in [3.63, 3.8) is 0 Å². The van der Waals surface area contributed by atoms with E-state index in [0.717, 1.165) is 16.5 Å². The van der Waals surface area contributed by atoms with E-state index in [0.29, 0.717) is 18.1 Å². The molecular formula is C11H14ClN3O. The summed E-state index contributed by atoms with van der Waals surface area (Å²) in [6.45, 7) is 0.458. The summed E-state index contributed by atoms with van der Waals surface area (Å²) in [5, 5.41) is 15.3. The molecule has 1 unspecified atom stereocenters. The van der Waals surface area contributed by atoms with Gasteiger partial charge in [0.2, 0.25) is 0 Å². The second-order valence-electron chi connectivity index (χ2n) is 3.78. The molecule has 1 aromatic carbocycles. The first-order valence-corrected chi connectivity index (χ1v) is 5.51. The molecule has 0 spiro atoms. The first kappa shape index (κ1) is 11.4. The van der Waals surface area contributed by atoms with Gasteiger partial charge in [-0.05, 0) is 30.7 Å². The maximum atomic E-state index is 9.83. The lowest BCUT2D eigenvalue weighted by Crippen LogP contribution is -2.06. The Morgan fingerprint density at radius 2 is 2.31 bits per heavy atom. The standard InChI is InChI=1S/C11H14ClN3O/c1-15-9-3-2-7(10(16)4-5-13)6-8(9)11(12)14-15/h2-3,6,10,16H,4-5,13H2,1H3. The lowest BCUT2D eigenvalue weighted by Gasteiger charge is -2.09. The minimum Gasteiger partial charge on any atom is -0.388 e. The number of halogens is 1. The zero-order chi connectivity index (χ0) is 11.7. The third kappa shape index (κ3) is 1.91. The molecule has 5 heteroatoms. The molecule has 0 amide bonds. The molecule has 0 saturated carbocycles. The van der Waals surface area contributed by atoms with Crippen LogP contribution in [0.5, 0.6) is 0 Å². The Morgan fingerprint density at radius 3 is 3.00 bits per heavy atom. The van der Waals surface area contributed by atoms with Gasteiger partial charge in [0, 0.05) is 12.4 Å². The van der Waals surface area contributed by atoms with Gasteiger partial charge in [0.05, 0.1) is 11.6 Å². The van der Waals surface area contributed by atoms with Crippen molar-refractivity contribution in [1.29, 1.82) is 0 Å². The predicted octanol–water partition coefficient (Wildman–Crippen LogP) is 1.61. The zero-order valence-corrected chi connectivity index (χ0v) is 9.78. The van der Waals surface area contributed by atoms with Crippen LogP contribution in [0.1, 0.15) is 18.1 Å². The van der Waals surface area contributed by atoms with Gasteiger partial charge in [-0.2, -0.15) is 5.10 Å². The molecule has 1 aromatic heterocycles. The minimum absolute atomic E-state index is 0.458. The maximum absolute atomic E-state index is 9.83. The molecule has 1 heterocycles. The lowest BCUT2D eigenvalue weighted by atomic mass is 10.1. The number of nitrogens with zero attached hydrogens (tertiary/aromatic N) is 2. The van der Waals surface area contributed by atoms with Crippen molar-refractivity contribution in [3.05, 3.63) is 28.9 Å². The summed E-state index contributed by atoms with van der Waals surface area (Å²) in [6, 6.07) is 5.65. The Bertz CT molecular complexity index is 509. The third-order valence-electron chi connectivity index (χ3n) is 2.65. The number of aromatic nitrogens is 2. The van der Waals surface area contributed by atoms with E-state index in [1.54, 1.807) is 4.68 Å². The Morgan fingerprint density at radius 1 is 1.56 bits per heavy atom. The van der Waals surface area contributed by atoms with Crippen LogP contribution in [0.15, 0.2) is 18.2 Å². The average Bonchev–Trinajstić information content (AvgIpc) is 2.55. The van der Waals surface area contributed by atoms with Crippen LogP contribution in [-0.4, -0.2) is 21.4 Å². The first-order chi connectivity index (χ1) is 7.63. The fourth-order valence-corrected chi connectivity index (χ4v) is 2.04. The van der Waals surface area contributed by atoms with Crippen molar-refractivity contribution in [2.45, 2.75) is 12.5 Å². The Labute approximate surface area is 98.6 Å². The maximum Gasteiger partial charge on any atom is 0.158 e. The molecule has 2 rings (SSSR count).